The molecule has 1 heterocycles. The zero-order valence-electron chi connectivity index (χ0n) is 8.96. The van der Waals surface area contributed by atoms with Gasteiger partial charge in [0.2, 0.25) is 0 Å². The Morgan fingerprint density at radius 1 is 1.38 bits per heavy atom. The van der Waals surface area contributed by atoms with Gasteiger partial charge >= 0.3 is 0 Å². The monoisotopic (exact) mass is 235 g/mol. The minimum atomic E-state index is -0.147. The van der Waals surface area contributed by atoms with E-state index in [2.05, 4.69) is 4.98 Å². The van der Waals surface area contributed by atoms with Crippen LogP contribution in [0.3, 0.4) is 0 Å². The van der Waals surface area contributed by atoms with Gasteiger partial charge in [0.05, 0.1) is 11.5 Å². The van der Waals surface area contributed by atoms with Crippen LogP contribution in [-0.4, -0.2) is 17.2 Å². The topological polar surface area (TPSA) is 42.4 Å². The van der Waals surface area contributed by atoms with E-state index in [4.69, 9.17) is 9.84 Å². The van der Waals surface area contributed by atoms with Crippen molar-refractivity contribution in [1.82, 2.24) is 4.98 Å². The molecule has 3 nitrogen and oxygen atoms in total. The van der Waals surface area contributed by atoms with Gasteiger partial charge in [-0.05, 0) is 5.56 Å². The first kappa shape index (κ1) is 11.3. The summed E-state index contributed by atoms with van der Waals surface area (Å²) in [4.78, 5) is 5.12. The molecule has 1 aromatic heterocycles. The van der Waals surface area contributed by atoms with Crippen molar-refractivity contribution < 1.29 is 9.84 Å². The normalized spacial score (nSPS) is 12.6. The molecule has 2 aromatic rings. The van der Waals surface area contributed by atoms with Gasteiger partial charge in [0.25, 0.3) is 0 Å². The zero-order chi connectivity index (χ0) is 11.4. The first-order valence-electron chi connectivity index (χ1n) is 4.98. The van der Waals surface area contributed by atoms with E-state index in [0.717, 1.165) is 15.4 Å². The summed E-state index contributed by atoms with van der Waals surface area (Å²) in [7, 11) is 1.66. The van der Waals surface area contributed by atoms with Crippen molar-refractivity contribution in [2.75, 3.05) is 7.11 Å². The first-order valence-corrected chi connectivity index (χ1v) is 5.80. The molecule has 1 atom stereocenters. The third-order valence-corrected chi connectivity index (χ3v) is 3.31. The number of ether oxygens (including phenoxy) is 1. The summed E-state index contributed by atoms with van der Waals surface area (Å²) in [5.41, 5.74) is 1.07. The summed E-state index contributed by atoms with van der Waals surface area (Å²) in [6.07, 6.45) is 1.54. The largest absolute Gasteiger partial charge is 0.391 e. The molecule has 0 saturated heterocycles. The Bertz CT molecular complexity index is 441. The predicted molar refractivity (Wildman–Crippen MR) is 63.3 cm³/mol. The van der Waals surface area contributed by atoms with E-state index >= 15 is 0 Å². The Hall–Kier alpha value is -1.23. The van der Waals surface area contributed by atoms with E-state index in [1.807, 2.05) is 30.3 Å². The SMILES string of the molecule is COC(c1ccccc1)c1ncc(CO)s1. The minimum Gasteiger partial charge on any atom is -0.391 e. The Morgan fingerprint density at radius 3 is 2.69 bits per heavy atom. The summed E-state index contributed by atoms with van der Waals surface area (Å²) in [5.74, 6) is 0. The van der Waals surface area contributed by atoms with E-state index in [-0.39, 0.29) is 12.7 Å². The average molecular weight is 235 g/mol. The molecule has 1 aromatic carbocycles. The second kappa shape index (κ2) is 5.21. The van der Waals surface area contributed by atoms with Crippen molar-refractivity contribution in [2.24, 2.45) is 0 Å². The lowest BCUT2D eigenvalue weighted by atomic mass is 10.1. The van der Waals surface area contributed by atoms with Crippen LogP contribution in [0.15, 0.2) is 36.5 Å². The fourth-order valence-corrected chi connectivity index (χ4v) is 2.41. The molecule has 0 radical (unpaired) electrons. The van der Waals surface area contributed by atoms with Crippen LogP contribution in [0.5, 0.6) is 0 Å². The Morgan fingerprint density at radius 2 is 2.12 bits per heavy atom. The minimum absolute atomic E-state index is 0.0306. The first-order chi connectivity index (χ1) is 7.85. The van der Waals surface area contributed by atoms with Gasteiger partial charge < -0.3 is 9.84 Å². The fourth-order valence-electron chi connectivity index (χ4n) is 1.52. The molecule has 84 valence electrons. The van der Waals surface area contributed by atoms with Gasteiger partial charge in [-0.1, -0.05) is 30.3 Å². The Kier molecular flexibility index (Phi) is 3.66. The van der Waals surface area contributed by atoms with Crippen LogP contribution >= 0.6 is 11.3 Å². The van der Waals surface area contributed by atoms with E-state index in [1.54, 1.807) is 13.3 Å². The summed E-state index contributed by atoms with van der Waals surface area (Å²) in [5, 5.41) is 9.88. The Labute approximate surface area is 98.4 Å². The van der Waals surface area contributed by atoms with Gasteiger partial charge in [0.1, 0.15) is 11.1 Å². The van der Waals surface area contributed by atoms with Crippen molar-refractivity contribution >= 4 is 11.3 Å². The molecule has 0 amide bonds. The lowest BCUT2D eigenvalue weighted by molar-refractivity contribution is 0.136. The van der Waals surface area contributed by atoms with Crippen molar-refractivity contribution in [2.45, 2.75) is 12.7 Å². The van der Waals surface area contributed by atoms with Crippen LogP contribution < -0.4 is 0 Å². The van der Waals surface area contributed by atoms with Gasteiger partial charge in [-0.2, -0.15) is 0 Å². The van der Waals surface area contributed by atoms with Crippen molar-refractivity contribution in [3.05, 3.63) is 52.0 Å². The molecular weight excluding hydrogens is 222 g/mol. The number of benzene rings is 1. The highest BCUT2D eigenvalue weighted by molar-refractivity contribution is 7.11. The van der Waals surface area contributed by atoms with Crippen LogP contribution in [0.2, 0.25) is 0 Å². The molecule has 0 aliphatic heterocycles. The lowest BCUT2D eigenvalue weighted by Crippen LogP contribution is -2.02. The average Bonchev–Trinajstić information content (AvgIpc) is 2.80. The van der Waals surface area contributed by atoms with Gasteiger partial charge in [0.15, 0.2) is 0 Å². The van der Waals surface area contributed by atoms with Crippen molar-refractivity contribution in [1.29, 1.82) is 0 Å². The Balaban J connectivity index is 2.29. The summed E-state index contributed by atoms with van der Waals surface area (Å²) in [6, 6.07) is 9.93. The molecule has 0 aliphatic carbocycles. The predicted octanol–water partition coefficient (Wildman–Crippen LogP) is 2.37. The highest BCUT2D eigenvalue weighted by atomic mass is 32.1. The molecule has 1 N–H and O–H groups in total. The zero-order valence-corrected chi connectivity index (χ0v) is 9.78. The number of rotatable bonds is 4. The van der Waals surface area contributed by atoms with Crippen LogP contribution in [0, 0.1) is 0 Å². The quantitative estimate of drug-likeness (QED) is 0.884. The molecular formula is C12H13NO2S. The van der Waals surface area contributed by atoms with E-state index < -0.39 is 0 Å². The van der Waals surface area contributed by atoms with Gasteiger partial charge in [-0.25, -0.2) is 4.98 Å². The number of hydrogen-bond acceptors (Lipinski definition) is 4. The van der Waals surface area contributed by atoms with Crippen molar-refractivity contribution in [3.8, 4) is 0 Å². The van der Waals surface area contributed by atoms with Gasteiger partial charge in [0, 0.05) is 13.3 Å². The third-order valence-electron chi connectivity index (χ3n) is 2.29. The maximum absolute atomic E-state index is 9.01. The van der Waals surface area contributed by atoms with Crippen LogP contribution in [0.1, 0.15) is 21.6 Å². The summed E-state index contributed by atoms with van der Waals surface area (Å²) in [6.45, 7) is 0.0306. The van der Waals surface area contributed by atoms with Gasteiger partial charge in [-0.15, -0.1) is 11.3 Å². The smallest absolute Gasteiger partial charge is 0.134 e. The fraction of sp³-hybridized carbons (Fsp3) is 0.250. The van der Waals surface area contributed by atoms with E-state index in [9.17, 15) is 0 Å². The maximum Gasteiger partial charge on any atom is 0.134 e. The molecule has 2 rings (SSSR count). The molecule has 0 fully saturated rings. The van der Waals surface area contributed by atoms with Gasteiger partial charge in [-0.3, -0.25) is 0 Å². The highest BCUT2D eigenvalue weighted by Gasteiger charge is 2.16. The number of nitrogens with zero attached hydrogens (tertiary/aromatic N) is 1. The molecule has 0 saturated carbocycles. The standard InChI is InChI=1S/C12H13NO2S/c1-15-11(9-5-3-2-4-6-9)12-13-7-10(8-14)16-12/h2-7,11,14H,8H2,1H3. The number of thiazole rings is 1. The number of aliphatic hydroxyl groups excluding tert-OH is 1. The highest BCUT2D eigenvalue weighted by Crippen LogP contribution is 2.28. The summed E-state index contributed by atoms with van der Waals surface area (Å²) < 4.78 is 5.45. The molecule has 0 spiro atoms. The molecule has 16 heavy (non-hydrogen) atoms. The number of methoxy groups -OCH3 is 1. The second-order valence-electron chi connectivity index (χ2n) is 3.35. The second-order valence-corrected chi connectivity index (χ2v) is 4.50. The molecule has 1 unspecified atom stereocenters. The number of hydrogen-bond donors (Lipinski definition) is 1. The molecule has 4 heteroatoms. The third kappa shape index (κ3) is 2.29. The van der Waals surface area contributed by atoms with Crippen molar-refractivity contribution in [3.63, 3.8) is 0 Å². The van der Waals surface area contributed by atoms with Crippen LogP contribution in [0.4, 0.5) is 0 Å². The van der Waals surface area contributed by atoms with Crippen LogP contribution in [-0.2, 0) is 11.3 Å². The molecule has 0 bridgehead atoms. The number of aromatic nitrogens is 1. The number of aliphatic hydroxyl groups is 1. The van der Waals surface area contributed by atoms with E-state index in [0.29, 0.717) is 0 Å². The maximum atomic E-state index is 9.01. The lowest BCUT2D eigenvalue weighted by Gasteiger charge is -2.12. The molecule has 0 aliphatic rings. The summed E-state index contributed by atoms with van der Waals surface area (Å²) >= 11 is 1.47. The van der Waals surface area contributed by atoms with Crippen LogP contribution in [0.25, 0.3) is 0 Å². The van der Waals surface area contributed by atoms with E-state index in [1.165, 1.54) is 11.3 Å².